The molecule has 5 rings (SSSR count). The lowest BCUT2D eigenvalue weighted by molar-refractivity contribution is -0.126. The lowest BCUT2D eigenvalue weighted by atomic mass is 9.99. The molecule has 1 aromatic heterocycles. The van der Waals surface area contributed by atoms with Crippen molar-refractivity contribution in [2.24, 2.45) is 0 Å². The Morgan fingerprint density at radius 3 is 2.19 bits per heavy atom. The number of methoxy groups -OCH3 is 2. The number of aromatic nitrogens is 1. The fourth-order valence-corrected chi connectivity index (χ4v) is 4.87. The Balaban J connectivity index is 1.20. The normalized spacial score (nSPS) is 12.3. The average Bonchev–Trinajstić information content (AvgIpc) is 3.37. The summed E-state index contributed by atoms with van der Waals surface area (Å²) < 4.78 is 16.9. The number of fused-ring (bicyclic) bond motifs is 2. The first-order chi connectivity index (χ1) is 18.0. The highest BCUT2D eigenvalue weighted by Gasteiger charge is 2.15. The number of hydrogen-bond acceptors (Lipinski definition) is 6. The van der Waals surface area contributed by atoms with Gasteiger partial charge in [0.1, 0.15) is 23.1 Å². The van der Waals surface area contributed by atoms with Gasteiger partial charge in [-0.1, -0.05) is 30.3 Å². The smallest absolute Gasteiger partial charge is 0.162 e. The highest BCUT2D eigenvalue weighted by atomic mass is 16.5. The topological polar surface area (TPSA) is 74.7 Å². The van der Waals surface area contributed by atoms with Crippen LogP contribution in [0.1, 0.15) is 35.1 Å². The van der Waals surface area contributed by atoms with Gasteiger partial charge in [0.05, 0.1) is 26.2 Å². The quantitative estimate of drug-likeness (QED) is 0.257. The van der Waals surface area contributed by atoms with E-state index in [0.29, 0.717) is 29.4 Å². The molecule has 3 aromatic carbocycles. The number of pyridine rings is 1. The monoisotopic (exact) mass is 495 g/mol. The number of nitrogens with zero attached hydrogens (tertiary/aromatic N) is 1. The number of carbonyl (C=O) groups excluding carboxylic acids is 2. The van der Waals surface area contributed by atoms with Gasteiger partial charge in [-0.15, -0.1) is 0 Å². The molecule has 0 aliphatic heterocycles. The Hall–Kier alpha value is -4.19. The number of ketones is 2. The molecule has 37 heavy (non-hydrogen) atoms. The Bertz CT molecular complexity index is 1460. The van der Waals surface area contributed by atoms with Crippen LogP contribution in [0.25, 0.3) is 10.9 Å². The maximum atomic E-state index is 12.6. The van der Waals surface area contributed by atoms with E-state index in [1.54, 1.807) is 32.5 Å². The van der Waals surface area contributed by atoms with Gasteiger partial charge < -0.3 is 14.2 Å². The molecule has 0 saturated carbocycles. The zero-order valence-corrected chi connectivity index (χ0v) is 21.1. The van der Waals surface area contributed by atoms with Gasteiger partial charge in [0, 0.05) is 30.5 Å². The van der Waals surface area contributed by atoms with E-state index in [1.807, 2.05) is 36.4 Å². The zero-order valence-electron chi connectivity index (χ0n) is 21.1. The number of rotatable bonds is 10. The molecule has 0 unspecified atom stereocenters. The van der Waals surface area contributed by atoms with Crippen LogP contribution in [0.2, 0.25) is 0 Å². The van der Waals surface area contributed by atoms with E-state index in [1.165, 1.54) is 17.5 Å². The average molecular weight is 496 g/mol. The highest BCUT2D eigenvalue weighted by molar-refractivity contribution is 6.00. The second kappa shape index (κ2) is 10.8. The summed E-state index contributed by atoms with van der Waals surface area (Å²) >= 11 is 0. The van der Waals surface area contributed by atoms with E-state index in [2.05, 4.69) is 17.1 Å². The van der Waals surface area contributed by atoms with Crippen LogP contribution < -0.4 is 14.2 Å². The third-order valence-electron chi connectivity index (χ3n) is 6.72. The molecule has 6 nitrogen and oxygen atoms in total. The Morgan fingerprint density at radius 2 is 1.43 bits per heavy atom. The molecule has 0 spiro atoms. The number of carbonyl (C=O) groups is 2. The third kappa shape index (κ3) is 5.64. The summed E-state index contributed by atoms with van der Waals surface area (Å²) in [5.74, 6) is 2.32. The van der Waals surface area contributed by atoms with Gasteiger partial charge in [0.25, 0.3) is 0 Å². The summed E-state index contributed by atoms with van der Waals surface area (Å²) in [5, 5.41) is 0.793. The predicted molar refractivity (Wildman–Crippen MR) is 142 cm³/mol. The van der Waals surface area contributed by atoms with Crippen molar-refractivity contribution in [3.05, 3.63) is 89.1 Å². The molecule has 0 N–H and O–H groups in total. The van der Waals surface area contributed by atoms with Crippen molar-refractivity contribution < 1.29 is 23.8 Å². The number of aryl methyl sites for hydroxylation is 2. The zero-order chi connectivity index (χ0) is 25.8. The van der Waals surface area contributed by atoms with Crippen molar-refractivity contribution in [1.29, 1.82) is 0 Å². The molecule has 0 radical (unpaired) electrons. The summed E-state index contributed by atoms with van der Waals surface area (Å²) in [6, 6.07) is 19.0. The minimum Gasteiger partial charge on any atom is -0.493 e. The van der Waals surface area contributed by atoms with Crippen molar-refractivity contribution in [2.75, 3.05) is 14.2 Å². The van der Waals surface area contributed by atoms with Gasteiger partial charge in [0.2, 0.25) is 0 Å². The minimum absolute atomic E-state index is 0.0421. The molecular weight excluding hydrogens is 466 g/mol. The van der Waals surface area contributed by atoms with Crippen LogP contribution in [0.15, 0.2) is 66.9 Å². The Morgan fingerprint density at radius 1 is 0.757 bits per heavy atom. The van der Waals surface area contributed by atoms with Crippen LogP contribution in [0, 0.1) is 0 Å². The molecule has 4 aromatic rings. The predicted octanol–water partition coefficient (Wildman–Crippen LogP) is 5.85. The van der Waals surface area contributed by atoms with E-state index in [4.69, 9.17) is 14.2 Å². The van der Waals surface area contributed by atoms with Crippen molar-refractivity contribution in [3.63, 3.8) is 0 Å². The van der Waals surface area contributed by atoms with Crippen LogP contribution in [-0.2, 0) is 35.3 Å². The fourth-order valence-electron chi connectivity index (χ4n) is 4.87. The number of ether oxygens (including phenoxy) is 3. The number of benzene rings is 3. The molecule has 1 aliphatic rings. The van der Waals surface area contributed by atoms with E-state index in [0.717, 1.165) is 34.9 Å². The summed E-state index contributed by atoms with van der Waals surface area (Å²) in [5.41, 5.74) is 5.30. The highest BCUT2D eigenvalue weighted by Crippen LogP contribution is 2.36. The molecule has 0 atom stereocenters. The summed E-state index contributed by atoms with van der Waals surface area (Å²) in [6.45, 7) is 0. The maximum absolute atomic E-state index is 12.6. The molecule has 6 heteroatoms. The lowest BCUT2D eigenvalue weighted by Gasteiger charge is -2.12. The molecule has 1 aliphatic carbocycles. The molecule has 1 heterocycles. The molecule has 188 valence electrons. The Labute approximate surface area is 216 Å². The molecule has 0 saturated heterocycles. The van der Waals surface area contributed by atoms with Gasteiger partial charge in [0.15, 0.2) is 11.5 Å². The van der Waals surface area contributed by atoms with Gasteiger partial charge in [-0.2, -0.15) is 0 Å². The summed E-state index contributed by atoms with van der Waals surface area (Å²) in [7, 11) is 3.17. The van der Waals surface area contributed by atoms with Crippen molar-refractivity contribution >= 4 is 22.5 Å². The first-order valence-corrected chi connectivity index (χ1v) is 12.4. The van der Waals surface area contributed by atoms with Crippen LogP contribution in [-0.4, -0.2) is 30.8 Å². The van der Waals surface area contributed by atoms with Crippen LogP contribution in [0.4, 0.5) is 0 Å². The third-order valence-corrected chi connectivity index (χ3v) is 6.72. The summed E-state index contributed by atoms with van der Waals surface area (Å²) in [6.07, 6.45) is 5.53. The lowest BCUT2D eigenvalue weighted by Crippen LogP contribution is -2.12. The Kier molecular flexibility index (Phi) is 7.17. The SMILES string of the molecule is COc1cc2nccc(Oc3ccc(CC(=O)CC(=O)Cc4ccc5c(c4)CCC5)cc3)c2cc1OC. The van der Waals surface area contributed by atoms with Gasteiger partial charge in [-0.3, -0.25) is 14.6 Å². The van der Waals surface area contributed by atoms with Crippen LogP contribution >= 0.6 is 0 Å². The van der Waals surface area contributed by atoms with E-state index in [-0.39, 0.29) is 24.4 Å². The minimum atomic E-state index is -0.0824. The first kappa shape index (κ1) is 24.5. The largest absolute Gasteiger partial charge is 0.493 e. The number of hydrogen-bond donors (Lipinski definition) is 0. The van der Waals surface area contributed by atoms with Gasteiger partial charge >= 0.3 is 0 Å². The van der Waals surface area contributed by atoms with Crippen LogP contribution in [0.5, 0.6) is 23.0 Å². The second-order valence-corrected chi connectivity index (χ2v) is 9.34. The van der Waals surface area contributed by atoms with E-state index < -0.39 is 0 Å². The second-order valence-electron chi connectivity index (χ2n) is 9.34. The van der Waals surface area contributed by atoms with E-state index in [9.17, 15) is 9.59 Å². The van der Waals surface area contributed by atoms with Gasteiger partial charge in [-0.25, -0.2) is 0 Å². The molecule has 0 fully saturated rings. The molecule has 0 amide bonds. The summed E-state index contributed by atoms with van der Waals surface area (Å²) in [4.78, 5) is 29.5. The van der Waals surface area contributed by atoms with Crippen molar-refractivity contribution in [3.8, 4) is 23.0 Å². The first-order valence-electron chi connectivity index (χ1n) is 12.4. The van der Waals surface area contributed by atoms with Crippen molar-refractivity contribution in [1.82, 2.24) is 4.98 Å². The van der Waals surface area contributed by atoms with Gasteiger partial charge in [-0.05, 0) is 65.8 Å². The van der Waals surface area contributed by atoms with Crippen molar-refractivity contribution in [2.45, 2.75) is 38.5 Å². The van der Waals surface area contributed by atoms with Crippen LogP contribution in [0.3, 0.4) is 0 Å². The number of Topliss-reactive ketones (excluding diaryl/α,β-unsaturated/α-hetero) is 2. The molecular formula is C31H29NO5. The fraction of sp³-hybridized carbons (Fsp3) is 0.258. The van der Waals surface area contributed by atoms with E-state index >= 15 is 0 Å². The maximum Gasteiger partial charge on any atom is 0.162 e. The molecule has 0 bridgehead atoms. The standard InChI is InChI=1S/C31H29NO5/c1-35-30-18-27-28(19-31(30)36-2)32-13-12-29(27)37-26-10-7-20(8-11-26)15-24(33)17-25(34)16-21-6-9-22-4-3-5-23(22)14-21/h6-14,18-19H,3-5,15-17H2,1-2H3.